The zero-order valence-corrected chi connectivity index (χ0v) is 13.3. The Kier molecular flexibility index (Phi) is 4.77. The van der Waals surface area contributed by atoms with Crippen molar-refractivity contribution in [3.63, 3.8) is 0 Å². The average molecular weight is 332 g/mol. The molecule has 1 aliphatic rings. The summed E-state index contributed by atoms with van der Waals surface area (Å²) in [6.45, 7) is 2.67. The van der Waals surface area contributed by atoms with E-state index in [0.717, 1.165) is 4.88 Å². The molecule has 6 nitrogen and oxygen atoms in total. The maximum Gasteiger partial charge on any atom is 0.267 e. The van der Waals surface area contributed by atoms with Gasteiger partial charge in [0.1, 0.15) is 13.2 Å². The van der Waals surface area contributed by atoms with Crippen LogP contribution in [0.1, 0.15) is 11.8 Å². The van der Waals surface area contributed by atoms with Gasteiger partial charge in [-0.3, -0.25) is 4.79 Å². The molecule has 0 spiro atoms. The molecule has 0 saturated carbocycles. The Morgan fingerprint density at radius 1 is 1.35 bits per heavy atom. The van der Waals surface area contributed by atoms with E-state index in [0.29, 0.717) is 30.4 Å². The number of benzene rings is 1. The number of ether oxygens (including phenoxy) is 2. The third-order valence-electron chi connectivity index (χ3n) is 3.12. The van der Waals surface area contributed by atoms with Crippen molar-refractivity contribution in [3.8, 4) is 11.5 Å². The number of hydrogen-bond donors (Lipinski definition) is 1. The molecule has 0 saturated heterocycles. The lowest BCUT2D eigenvalue weighted by Crippen LogP contribution is -2.26. The van der Waals surface area contributed by atoms with Gasteiger partial charge in [-0.25, -0.2) is 0 Å². The van der Waals surface area contributed by atoms with Gasteiger partial charge < -0.3 is 19.6 Å². The number of fused-ring (bicyclic) bond motifs is 1. The lowest BCUT2D eigenvalue weighted by atomic mass is 10.2. The van der Waals surface area contributed by atoms with Gasteiger partial charge in [0, 0.05) is 16.6 Å². The molecule has 0 fully saturated rings. The van der Waals surface area contributed by atoms with Gasteiger partial charge in [0.2, 0.25) is 6.10 Å². The van der Waals surface area contributed by atoms with Crippen LogP contribution in [0.25, 0.3) is 0 Å². The van der Waals surface area contributed by atoms with Gasteiger partial charge in [0.15, 0.2) is 11.5 Å². The summed E-state index contributed by atoms with van der Waals surface area (Å²) in [5.74, 6) is 1.02. The first-order valence-electron chi connectivity index (χ1n) is 7.15. The standard InChI is InChI=1S/C16H16N2O4S/c1-11(22-17-10-13-3-2-8-23-13)16(19)18-12-4-5-14-15(9-12)21-7-6-20-14/h2-5,8-11H,6-7H2,1H3,(H,18,19)/b17-10+. The molecule has 23 heavy (non-hydrogen) atoms. The summed E-state index contributed by atoms with van der Waals surface area (Å²) in [5, 5.41) is 8.54. The normalized spacial score (nSPS) is 14.5. The van der Waals surface area contributed by atoms with Crippen LogP contribution in [0.15, 0.2) is 40.9 Å². The van der Waals surface area contributed by atoms with E-state index in [1.54, 1.807) is 42.7 Å². The number of amides is 1. The smallest absolute Gasteiger partial charge is 0.267 e. The maximum atomic E-state index is 12.1. The molecule has 1 aromatic heterocycles. The third-order valence-corrected chi connectivity index (χ3v) is 3.93. The number of rotatable bonds is 5. The fraction of sp³-hybridized carbons (Fsp3) is 0.250. The number of oxime groups is 1. The van der Waals surface area contributed by atoms with Crippen molar-refractivity contribution in [3.05, 3.63) is 40.6 Å². The van der Waals surface area contributed by atoms with Gasteiger partial charge >= 0.3 is 0 Å². The number of anilines is 1. The van der Waals surface area contributed by atoms with Crippen LogP contribution < -0.4 is 14.8 Å². The van der Waals surface area contributed by atoms with Crippen LogP contribution in [0.4, 0.5) is 5.69 Å². The van der Waals surface area contributed by atoms with Gasteiger partial charge in [-0.05, 0) is 30.5 Å². The van der Waals surface area contributed by atoms with Crippen LogP contribution in [-0.2, 0) is 9.63 Å². The highest BCUT2D eigenvalue weighted by molar-refractivity contribution is 7.11. The molecule has 2 heterocycles. The monoisotopic (exact) mass is 332 g/mol. The minimum Gasteiger partial charge on any atom is -0.486 e. The molecule has 1 N–H and O–H groups in total. The fourth-order valence-corrected chi connectivity index (χ4v) is 2.53. The average Bonchev–Trinajstić information content (AvgIpc) is 3.08. The summed E-state index contributed by atoms with van der Waals surface area (Å²) in [5.41, 5.74) is 0.622. The Bertz CT molecular complexity index is 700. The number of carbonyl (C=O) groups is 1. The molecule has 3 rings (SSSR count). The van der Waals surface area contributed by atoms with Gasteiger partial charge in [0.05, 0.1) is 6.21 Å². The zero-order chi connectivity index (χ0) is 16.1. The highest BCUT2D eigenvalue weighted by Crippen LogP contribution is 2.32. The van der Waals surface area contributed by atoms with Crippen molar-refractivity contribution in [1.82, 2.24) is 0 Å². The number of nitrogens with one attached hydrogen (secondary N) is 1. The van der Waals surface area contributed by atoms with Gasteiger partial charge in [-0.2, -0.15) is 0 Å². The molecule has 0 radical (unpaired) electrons. The fourth-order valence-electron chi connectivity index (χ4n) is 1.95. The van der Waals surface area contributed by atoms with E-state index in [2.05, 4.69) is 10.5 Å². The molecule has 1 amide bonds. The SMILES string of the molecule is CC(O/N=C/c1cccs1)C(=O)Nc1ccc2c(c1)OCCO2. The summed E-state index contributed by atoms with van der Waals surface area (Å²) < 4.78 is 10.9. The number of hydrogen-bond acceptors (Lipinski definition) is 6. The van der Waals surface area contributed by atoms with E-state index < -0.39 is 6.10 Å². The molecule has 7 heteroatoms. The molecule has 0 aliphatic carbocycles. The zero-order valence-electron chi connectivity index (χ0n) is 12.5. The van der Waals surface area contributed by atoms with Gasteiger partial charge in [-0.15, -0.1) is 11.3 Å². The van der Waals surface area contributed by atoms with E-state index >= 15 is 0 Å². The predicted octanol–water partition coefficient (Wildman–Crippen LogP) is 2.90. The number of nitrogens with zero attached hydrogens (tertiary/aromatic N) is 1. The number of thiophene rings is 1. The third kappa shape index (κ3) is 4.01. The Morgan fingerprint density at radius 3 is 2.96 bits per heavy atom. The molecule has 120 valence electrons. The Balaban J connectivity index is 1.55. The summed E-state index contributed by atoms with van der Waals surface area (Å²) in [4.78, 5) is 18.2. The van der Waals surface area contributed by atoms with Crippen molar-refractivity contribution in [2.24, 2.45) is 5.16 Å². The highest BCUT2D eigenvalue weighted by Gasteiger charge is 2.17. The lowest BCUT2D eigenvalue weighted by Gasteiger charge is -2.19. The summed E-state index contributed by atoms with van der Waals surface area (Å²) >= 11 is 1.54. The molecule has 1 aliphatic heterocycles. The minimum absolute atomic E-state index is 0.287. The van der Waals surface area contributed by atoms with Crippen LogP contribution in [0.5, 0.6) is 11.5 Å². The summed E-state index contributed by atoms with van der Waals surface area (Å²) in [6, 6.07) is 9.09. The van der Waals surface area contributed by atoms with Crippen molar-refractivity contribution < 1.29 is 19.1 Å². The second-order valence-electron chi connectivity index (χ2n) is 4.85. The van der Waals surface area contributed by atoms with E-state index in [-0.39, 0.29) is 5.91 Å². The van der Waals surface area contributed by atoms with Crippen LogP contribution in [0, 0.1) is 0 Å². The lowest BCUT2D eigenvalue weighted by molar-refractivity contribution is -0.126. The first kappa shape index (κ1) is 15.4. The van der Waals surface area contributed by atoms with Crippen molar-refractivity contribution in [2.45, 2.75) is 13.0 Å². The largest absolute Gasteiger partial charge is 0.486 e. The second kappa shape index (κ2) is 7.15. The second-order valence-corrected chi connectivity index (χ2v) is 5.82. The molecule has 2 aromatic rings. The Hall–Kier alpha value is -2.54. The van der Waals surface area contributed by atoms with Crippen LogP contribution in [0.2, 0.25) is 0 Å². The molecule has 1 atom stereocenters. The van der Waals surface area contributed by atoms with Crippen LogP contribution in [0.3, 0.4) is 0 Å². The molecule has 1 unspecified atom stereocenters. The summed E-state index contributed by atoms with van der Waals surface area (Å²) in [6.07, 6.45) is 0.873. The maximum absolute atomic E-state index is 12.1. The highest BCUT2D eigenvalue weighted by atomic mass is 32.1. The minimum atomic E-state index is -0.709. The predicted molar refractivity (Wildman–Crippen MR) is 88.5 cm³/mol. The van der Waals surface area contributed by atoms with Crippen molar-refractivity contribution in [1.29, 1.82) is 0 Å². The van der Waals surface area contributed by atoms with E-state index in [9.17, 15) is 4.79 Å². The van der Waals surface area contributed by atoms with Crippen molar-refractivity contribution in [2.75, 3.05) is 18.5 Å². The quantitative estimate of drug-likeness (QED) is 0.675. The van der Waals surface area contributed by atoms with E-state index in [4.69, 9.17) is 14.3 Å². The van der Waals surface area contributed by atoms with E-state index in [1.165, 1.54) is 0 Å². The summed E-state index contributed by atoms with van der Waals surface area (Å²) in [7, 11) is 0. The Labute approximate surface area is 137 Å². The van der Waals surface area contributed by atoms with Crippen LogP contribution >= 0.6 is 11.3 Å². The van der Waals surface area contributed by atoms with E-state index in [1.807, 2.05) is 17.5 Å². The Morgan fingerprint density at radius 2 is 2.17 bits per heavy atom. The topological polar surface area (TPSA) is 69.2 Å². The number of carbonyl (C=O) groups excluding carboxylic acids is 1. The molecule has 0 bridgehead atoms. The molecular formula is C16H16N2O4S. The molecular weight excluding hydrogens is 316 g/mol. The van der Waals surface area contributed by atoms with Gasteiger partial charge in [-0.1, -0.05) is 11.2 Å². The van der Waals surface area contributed by atoms with Crippen molar-refractivity contribution >= 4 is 29.1 Å². The van der Waals surface area contributed by atoms with Gasteiger partial charge in [0.25, 0.3) is 5.91 Å². The molecule has 1 aromatic carbocycles. The first-order valence-corrected chi connectivity index (χ1v) is 8.03. The van der Waals surface area contributed by atoms with Crippen LogP contribution in [-0.4, -0.2) is 31.4 Å². The first-order chi connectivity index (χ1) is 11.2.